The minimum absolute atomic E-state index is 0.201. The third kappa shape index (κ3) is 4.49. The third-order valence-corrected chi connectivity index (χ3v) is 6.67. The first kappa shape index (κ1) is 20.9. The predicted octanol–water partition coefficient (Wildman–Crippen LogP) is 5.23. The number of carboxylic acid groups (broad SMARTS) is 1. The number of aromatic nitrogens is 1. The first-order chi connectivity index (χ1) is 16.1. The first-order valence-electron chi connectivity index (χ1n) is 10.7. The summed E-state index contributed by atoms with van der Waals surface area (Å²) in [4.78, 5) is 11.6. The second-order valence-corrected chi connectivity index (χ2v) is 9.02. The molecule has 0 saturated carbocycles. The third-order valence-electron chi connectivity index (χ3n) is 5.56. The molecule has 1 heterocycles. The van der Waals surface area contributed by atoms with Crippen LogP contribution in [0.5, 0.6) is 0 Å². The molecule has 4 aromatic carbocycles. The van der Waals surface area contributed by atoms with Crippen molar-refractivity contribution in [1.29, 1.82) is 0 Å². The lowest BCUT2D eigenvalue weighted by molar-refractivity contribution is -0.663. The molecule has 0 unspecified atom stereocenters. The number of nitrogens with one attached hydrogen (secondary N) is 1. The molecule has 0 bridgehead atoms. The molecule has 0 aliphatic rings. The molecule has 0 aliphatic heterocycles. The quantitative estimate of drug-likeness (QED) is 0.360. The van der Waals surface area contributed by atoms with E-state index in [0.717, 1.165) is 43.1 Å². The van der Waals surface area contributed by atoms with Crippen LogP contribution in [-0.2, 0) is 11.3 Å². The molecule has 0 amide bonds. The van der Waals surface area contributed by atoms with Crippen LogP contribution in [-0.4, -0.2) is 5.97 Å². The highest BCUT2D eigenvalue weighted by Gasteiger charge is 2.20. The van der Waals surface area contributed by atoms with Crippen LogP contribution in [0.2, 0.25) is 0 Å². The van der Waals surface area contributed by atoms with Gasteiger partial charge in [-0.2, -0.15) is 4.57 Å². The number of benzene rings is 4. The lowest BCUT2D eigenvalue weighted by atomic mass is 10.1. The fraction of sp³-hybridized carbons (Fsp3) is 0.0714. The number of hydrogen-bond donors (Lipinski definition) is 1. The maximum atomic E-state index is 11.6. The van der Waals surface area contributed by atoms with Crippen LogP contribution < -0.4 is 15.0 Å². The van der Waals surface area contributed by atoms with Crippen LogP contribution in [0.3, 0.4) is 0 Å². The number of hydrogen-bond acceptors (Lipinski definition) is 4. The number of carbonyl (C=O) groups is 1. The van der Waals surface area contributed by atoms with Crippen molar-refractivity contribution in [2.24, 2.45) is 0 Å². The van der Waals surface area contributed by atoms with E-state index in [-0.39, 0.29) is 6.54 Å². The van der Waals surface area contributed by atoms with Crippen LogP contribution in [0.25, 0.3) is 38.2 Å². The van der Waals surface area contributed by atoms with Gasteiger partial charge in [-0.3, -0.25) is 0 Å². The van der Waals surface area contributed by atoms with Gasteiger partial charge >= 0.3 is 0 Å². The molecule has 0 spiro atoms. The summed E-state index contributed by atoms with van der Waals surface area (Å²) < 4.78 is 2.84. The van der Waals surface area contributed by atoms with Crippen molar-refractivity contribution < 1.29 is 14.5 Å². The zero-order valence-corrected chi connectivity index (χ0v) is 18.9. The highest BCUT2D eigenvalue weighted by molar-refractivity contribution is 7.18. The van der Waals surface area contributed by atoms with Crippen molar-refractivity contribution in [2.75, 3.05) is 5.32 Å². The number of thiazole rings is 1. The van der Waals surface area contributed by atoms with Gasteiger partial charge in [0.15, 0.2) is 6.54 Å². The maximum Gasteiger partial charge on any atom is 0.264 e. The zero-order valence-electron chi connectivity index (χ0n) is 18.1. The number of anilines is 1. The number of rotatable bonds is 6. The summed E-state index contributed by atoms with van der Waals surface area (Å²) in [5.41, 5.74) is 4.94. The Morgan fingerprint density at radius 2 is 1.67 bits per heavy atom. The molecule has 4 nitrogen and oxygen atoms in total. The van der Waals surface area contributed by atoms with Gasteiger partial charge in [0.05, 0.1) is 0 Å². The van der Waals surface area contributed by atoms with E-state index in [9.17, 15) is 9.90 Å². The van der Waals surface area contributed by atoms with Gasteiger partial charge in [-0.25, -0.2) is 0 Å². The Morgan fingerprint density at radius 1 is 0.909 bits per heavy atom. The van der Waals surface area contributed by atoms with E-state index in [4.69, 9.17) is 0 Å². The van der Waals surface area contributed by atoms with Crippen molar-refractivity contribution >= 4 is 50.1 Å². The zero-order chi connectivity index (χ0) is 22.8. The van der Waals surface area contributed by atoms with Crippen LogP contribution in [0, 0.1) is 0 Å². The Kier molecular flexibility index (Phi) is 5.63. The van der Waals surface area contributed by atoms with Crippen molar-refractivity contribution in [3.8, 4) is 11.1 Å². The normalized spacial score (nSPS) is 11.7. The Bertz CT molecular complexity index is 1500. The molecule has 0 saturated heterocycles. The molecule has 0 radical (unpaired) electrons. The summed E-state index contributed by atoms with van der Waals surface area (Å²) in [5.74, 6) is -1.11. The van der Waals surface area contributed by atoms with Crippen molar-refractivity contribution in [3.63, 3.8) is 0 Å². The smallest absolute Gasteiger partial charge is 0.264 e. The Morgan fingerprint density at radius 3 is 2.45 bits per heavy atom. The maximum absolute atomic E-state index is 11.6. The second-order valence-electron chi connectivity index (χ2n) is 7.96. The predicted molar refractivity (Wildman–Crippen MR) is 134 cm³/mol. The van der Waals surface area contributed by atoms with E-state index >= 15 is 0 Å². The molecule has 5 heteroatoms. The van der Waals surface area contributed by atoms with Crippen LogP contribution in [0.1, 0.15) is 11.9 Å². The standard InChI is InChI=1S/C28H22N2O2S/c1-19(29-24-13-11-21-9-5-6-10-22(21)16-24)15-27-30(18-28(31)32)25-17-23(12-14-26(25)33-27)20-7-3-2-4-8-20/h2-17H,18H2,1H3,(H,31,32). The summed E-state index contributed by atoms with van der Waals surface area (Å²) in [6.45, 7) is 1.78. The Hall–Kier alpha value is -3.96. The monoisotopic (exact) mass is 450 g/mol. The largest absolute Gasteiger partial charge is 0.544 e. The minimum Gasteiger partial charge on any atom is -0.544 e. The molecular weight excluding hydrogens is 428 g/mol. The Balaban J connectivity index is 1.52. The lowest BCUT2D eigenvalue weighted by Crippen LogP contribution is -2.44. The fourth-order valence-corrected chi connectivity index (χ4v) is 5.17. The number of fused-ring (bicyclic) bond motifs is 2. The first-order valence-corrected chi connectivity index (χ1v) is 11.5. The lowest BCUT2D eigenvalue weighted by Gasteiger charge is -2.07. The molecule has 0 aliphatic carbocycles. The summed E-state index contributed by atoms with van der Waals surface area (Å²) in [6, 6.07) is 30.7. The number of aliphatic carboxylic acids is 1. The Labute approximate surface area is 196 Å². The van der Waals surface area contributed by atoms with Gasteiger partial charge in [0.1, 0.15) is 10.7 Å². The van der Waals surface area contributed by atoms with Crippen LogP contribution >= 0.6 is 11.3 Å². The van der Waals surface area contributed by atoms with E-state index in [1.165, 1.54) is 5.39 Å². The highest BCUT2D eigenvalue weighted by atomic mass is 32.1. The topological polar surface area (TPSA) is 56.0 Å². The molecule has 5 rings (SSSR count). The highest BCUT2D eigenvalue weighted by Crippen LogP contribution is 2.28. The van der Waals surface area contributed by atoms with Gasteiger partial charge in [-0.15, -0.1) is 0 Å². The van der Waals surface area contributed by atoms with Crippen LogP contribution in [0.4, 0.5) is 5.69 Å². The van der Waals surface area contributed by atoms with Gasteiger partial charge in [0.25, 0.3) is 5.01 Å². The second kappa shape index (κ2) is 8.88. The molecule has 1 N–H and O–H groups in total. The SMILES string of the molecule is C/C(=C/c1sc2ccc(-c3ccccc3)cc2[n+]1CC(=O)[O-])Nc1ccc2ccccc2c1. The number of allylic oxidation sites excluding steroid dienone is 1. The van der Waals surface area contributed by atoms with Gasteiger partial charge in [0.2, 0.25) is 5.52 Å². The molecule has 1 aromatic heterocycles. The molecule has 5 aromatic rings. The van der Waals surface area contributed by atoms with Crippen molar-refractivity contribution in [1.82, 2.24) is 0 Å². The average molecular weight is 451 g/mol. The van der Waals surface area contributed by atoms with E-state index in [2.05, 4.69) is 53.8 Å². The molecule has 33 heavy (non-hydrogen) atoms. The van der Waals surface area contributed by atoms with Gasteiger partial charge in [-0.1, -0.05) is 78.1 Å². The molecule has 162 valence electrons. The van der Waals surface area contributed by atoms with Crippen molar-refractivity contribution in [2.45, 2.75) is 13.5 Å². The van der Waals surface area contributed by atoms with Gasteiger partial charge < -0.3 is 15.2 Å². The van der Waals surface area contributed by atoms with E-state index in [1.807, 2.05) is 60.0 Å². The van der Waals surface area contributed by atoms with E-state index < -0.39 is 5.97 Å². The number of carboxylic acids is 1. The summed E-state index contributed by atoms with van der Waals surface area (Å²) in [7, 11) is 0. The number of carbonyl (C=O) groups excluding carboxylic acids is 1. The van der Waals surface area contributed by atoms with Gasteiger partial charge in [-0.05, 0) is 47.0 Å². The summed E-state index contributed by atoms with van der Waals surface area (Å²) >= 11 is 1.57. The summed E-state index contributed by atoms with van der Waals surface area (Å²) in [6.07, 6.45) is 1.99. The van der Waals surface area contributed by atoms with Crippen LogP contribution in [0.15, 0.2) is 96.7 Å². The van der Waals surface area contributed by atoms with E-state index in [1.54, 1.807) is 11.3 Å². The average Bonchev–Trinajstić information content (AvgIpc) is 3.15. The van der Waals surface area contributed by atoms with Crippen molar-refractivity contribution in [3.05, 3.63) is 102 Å². The summed E-state index contributed by atoms with van der Waals surface area (Å²) in [5, 5.41) is 18.2. The minimum atomic E-state index is -1.11. The van der Waals surface area contributed by atoms with E-state index in [0.29, 0.717) is 0 Å². The molecule has 0 atom stereocenters. The number of nitrogens with zero attached hydrogens (tertiary/aromatic N) is 1. The molecular formula is C28H22N2O2S. The van der Waals surface area contributed by atoms with Gasteiger partial charge in [0, 0.05) is 23.5 Å². The fourth-order valence-electron chi connectivity index (χ4n) is 4.03. The molecule has 0 fully saturated rings.